The first-order chi connectivity index (χ1) is 7.79. The molecule has 1 nitrogen and oxygen atoms in total. The van der Waals surface area contributed by atoms with Crippen molar-refractivity contribution in [2.75, 3.05) is 0 Å². The summed E-state index contributed by atoms with van der Waals surface area (Å²) < 4.78 is 0. The molecular weight excluding hydrogens is 220 g/mol. The molecule has 0 aromatic heterocycles. The molecule has 2 heteroatoms. The summed E-state index contributed by atoms with van der Waals surface area (Å²) in [6, 6.07) is 15.4. The normalized spacial score (nSPS) is 10.1. The zero-order valence-corrected chi connectivity index (χ0v) is 9.45. The van der Waals surface area contributed by atoms with E-state index in [0.717, 1.165) is 18.3 Å². The number of hydrogen-bond acceptors (Lipinski definition) is 1. The lowest BCUT2D eigenvalue weighted by Gasteiger charge is -2.05. The van der Waals surface area contributed by atoms with Crippen molar-refractivity contribution in [2.24, 2.45) is 0 Å². The van der Waals surface area contributed by atoms with Crippen LogP contribution in [0.3, 0.4) is 0 Å². The van der Waals surface area contributed by atoms with Gasteiger partial charge in [0.25, 0.3) is 0 Å². The molecule has 0 amide bonds. The summed E-state index contributed by atoms with van der Waals surface area (Å²) in [4.78, 5) is 10.9. The van der Waals surface area contributed by atoms with Gasteiger partial charge in [0.15, 0.2) is 0 Å². The van der Waals surface area contributed by atoms with Crippen molar-refractivity contribution >= 4 is 17.9 Å². The average Bonchev–Trinajstić information content (AvgIpc) is 2.31. The number of benzene rings is 2. The van der Waals surface area contributed by atoms with Gasteiger partial charge in [-0.25, -0.2) is 0 Å². The Morgan fingerprint density at radius 1 is 1.06 bits per heavy atom. The van der Waals surface area contributed by atoms with Gasteiger partial charge < -0.3 is 0 Å². The van der Waals surface area contributed by atoms with Gasteiger partial charge >= 0.3 is 0 Å². The third-order valence-electron chi connectivity index (χ3n) is 2.47. The molecule has 0 fully saturated rings. The van der Waals surface area contributed by atoms with Crippen LogP contribution < -0.4 is 0 Å². The number of halogens is 1. The van der Waals surface area contributed by atoms with E-state index in [1.54, 1.807) is 12.1 Å². The van der Waals surface area contributed by atoms with Gasteiger partial charge in [-0.3, -0.25) is 4.79 Å². The van der Waals surface area contributed by atoms with Crippen LogP contribution in [-0.2, 0) is 6.42 Å². The fraction of sp³-hybridized carbons (Fsp3) is 0.0714. The Labute approximate surface area is 99.7 Å². The van der Waals surface area contributed by atoms with Crippen LogP contribution in [0.2, 0.25) is 5.02 Å². The van der Waals surface area contributed by atoms with E-state index in [1.807, 2.05) is 36.4 Å². The smallest absolute Gasteiger partial charge is 0.150 e. The Kier molecular flexibility index (Phi) is 3.37. The highest BCUT2D eigenvalue weighted by Gasteiger charge is 2.03. The number of carbonyl (C=O) groups is 1. The SMILES string of the molecule is O=Cc1ccc(Cl)cc1Cc1ccccc1. The molecule has 0 saturated carbocycles. The van der Waals surface area contributed by atoms with E-state index in [4.69, 9.17) is 11.6 Å². The monoisotopic (exact) mass is 230 g/mol. The van der Waals surface area contributed by atoms with Gasteiger partial charge in [0.05, 0.1) is 0 Å². The quantitative estimate of drug-likeness (QED) is 0.734. The third-order valence-corrected chi connectivity index (χ3v) is 2.70. The number of rotatable bonds is 3. The van der Waals surface area contributed by atoms with E-state index in [0.29, 0.717) is 10.6 Å². The van der Waals surface area contributed by atoms with Gasteiger partial charge in [-0.2, -0.15) is 0 Å². The maximum Gasteiger partial charge on any atom is 0.150 e. The maximum atomic E-state index is 10.9. The van der Waals surface area contributed by atoms with Crippen LogP contribution in [-0.4, -0.2) is 6.29 Å². The molecule has 2 aromatic carbocycles. The third kappa shape index (κ3) is 2.50. The van der Waals surface area contributed by atoms with Crippen LogP contribution in [0.15, 0.2) is 48.5 Å². The van der Waals surface area contributed by atoms with Crippen molar-refractivity contribution < 1.29 is 4.79 Å². The molecule has 0 aliphatic heterocycles. The topological polar surface area (TPSA) is 17.1 Å². The van der Waals surface area contributed by atoms with Crippen LogP contribution in [0.5, 0.6) is 0 Å². The highest BCUT2D eigenvalue weighted by Crippen LogP contribution is 2.18. The summed E-state index contributed by atoms with van der Waals surface area (Å²) in [6.45, 7) is 0. The Balaban J connectivity index is 2.33. The second-order valence-electron chi connectivity index (χ2n) is 3.62. The van der Waals surface area contributed by atoms with Crippen LogP contribution in [0, 0.1) is 0 Å². The maximum absolute atomic E-state index is 10.9. The van der Waals surface area contributed by atoms with Crippen LogP contribution in [0.4, 0.5) is 0 Å². The average molecular weight is 231 g/mol. The van der Waals surface area contributed by atoms with Crippen molar-refractivity contribution in [3.05, 3.63) is 70.2 Å². The number of hydrogen-bond donors (Lipinski definition) is 0. The Morgan fingerprint density at radius 2 is 1.81 bits per heavy atom. The Morgan fingerprint density at radius 3 is 2.50 bits per heavy atom. The molecule has 80 valence electrons. The fourth-order valence-electron chi connectivity index (χ4n) is 1.66. The van der Waals surface area contributed by atoms with E-state index < -0.39 is 0 Å². The summed E-state index contributed by atoms with van der Waals surface area (Å²) in [6.07, 6.45) is 1.60. The van der Waals surface area contributed by atoms with E-state index in [1.165, 1.54) is 5.56 Å². The highest BCUT2D eigenvalue weighted by atomic mass is 35.5. The first-order valence-electron chi connectivity index (χ1n) is 5.07. The predicted molar refractivity (Wildman–Crippen MR) is 66.1 cm³/mol. The minimum absolute atomic E-state index is 0.663. The fourth-order valence-corrected chi connectivity index (χ4v) is 1.85. The molecule has 0 spiro atoms. The van der Waals surface area contributed by atoms with Crippen molar-refractivity contribution in [1.29, 1.82) is 0 Å². The van der Waals surface area contributed by atoms with E-state index in [2.05, 4.69) is 0 Å². The van der Waals surface area contributed by atoms with Gasteiger partial charge in [-0.1, -0.05) is 41.9 Å². The summed E-state index contributed by atoms with van der Waals surface area (Å²) in [5.41, 5.74) is 2.84. The molecule has 0 heterocycles. The summed E-state index contributed by atoms with van der Waals surface area (Å²) in [5, 5.41) is 0.663. The largest absolute Gasteiger partial charge is 0.298 e. The summed E-state index contributed by atoms with van der Waals surface area (Å²) in [5.74, 6) is 0. The lowest BCUT2D eigenvalue weighted by Crippen LogP contribution is -1.94. The molecule has 2 aromatic rings. The Bertz CT molecular complexity index is 491. The van der Waals surface area contributed by atoms with Crippen LogP contribution in [0.25, 0.3) is 0 Å². The Hall–Kier alpha value is -1.60. The molecule has 2 rings (SSSR count). The van der Waals surface area contributed by atoms with Gasteiger partial charge in [-0.15, -0.1) is 0 Å². The molecular formula is C14H11ClO. The molecule has 0 radical (unpaired) electrons. The minimum Gasteiger partial charge on any atom is -0.298 e. The lowest BCUT2D eigenvalue weighted by molar-refractivity contribution is 0.112. The standard InChI is InChI=1S/C14H11ClO/c15-14-7-6-12(10-16)13(9-14)8-11-4-2-1-3-5-11/h1-7,9-10H,8H2. The van der Waals surface area contributed by atoms with E-state index >= 15 is 0 Å². The minimum atomic E-state index is 0.663. The van der Waals surface area contributed by atoms with E-state index in [-0.39, 0.29) is 0 Å². The summed E-state index contributed by atoms with van der Waals surface area (Å²) >= 11 is 5.92. The van der Waals surface area contributed by atoms with Crippen molar-refractivity contribution in [2.45, 2.75) is 6.42 Å². The second-order valence-corrected chi connectivity index (χ2v) is 4.06. The molecule has 0 N–H and O–H groups in total. The predicted octanol–water partition coefficient (Wildman–Crippen LogP) is 3.74. The van der Waals surface area contributed by atoms with E-state index in [9.17, 15) is 4.79 Å². The summed E-state index contributed by atoms with van der Waals surface area (Å²) in [7, 11) is 0. The van der Waals surface area contributed by atoms with Gasteiger partial charge in [0.2, 0.25) is 0 Å². The highest BCUT2D eigenvalue weighted by molar-refractivity contribution is 6.30. The van der Waals surface area contributed by atoms with Crippen molar-refractivity contribution in [3.63, 3.8) is 0 Å². The number of aldehydes is 1. The molecule has 0 aliphatic rings. The van der Waals surface area contributed by atoms with Crippen LogP contribution >= 0.6 is 11.6 Å². The van der Waals surface area contributed by atoms with Gasteiger partial charge in [0.1, 0.15) is 6.29 Å². The van der Waals surface area contributed by atoms with Crippen molar-refractivity contribution in [1.82, 2.24) is 0 Å². The zero-order valence-electron chi connectivity index (χ0n) is 8.69. The molecule has 0 atom stereocenters. The lowest BCUT2D eigenvalue weighted by atomic mass is 10.0. The number of carbonyl (C=O) groups excluding carboxylic acids is 1. The van der Waals surface area contributed by atoms with Gasteiger partial charge in [0, 0.05) is 10.6 Å². The first kappa shape index (κ1) is 10.9. The first-order valence-corrected chi connectivity index (χ1v) is 5.45. The molecule has 0 bridgehead atoms. The molecule has 0 aliphatic carbocycles. The molecule has 16 heavy (non-hydrogen) atoms. The zero-order chi connectivity index (χ0) is 11.4. The molecule has 0 unspecified atom stereocenters. The van der Waals surface area contributed by atoms with Gasteiger partial charge in [-0.05, 0) is 35.7 Å². The second kappa shape index (κ2) is 4.95. The van der Waals surface area contributed by atoms with Crippen molar-refractivity contribution in [3.8, 4) is 0 Å². The van der Waals surface area contributed by atoms with Crippen LogP contribution in [0.1, 0.15) is 21.5 Å². The molecule has 0 saturated heterocycles.